The maximum absolute atomic E-state index is 12.8. The van der Waals surface area contributed by atoms with Crippen LogP contribution in [-0.2, 0) is 119 Å². The summed E-state index contributed by atoms with van der Waals surface area (Å²) in [6.45, 7) is 22.7. The zero-order valence-corrected chi connectivity index (χ0v) is 62.0. The number of nitrogens with zero attached hydrogens (tertiary/aromatic N) is 9. The molecule has 574 valence electrons. The number of hydrogen-bond donors (Lipinski definition) is 0. The van der Waals surface area contributed by atoms with Gasteiger partial charge in [-0.05, 0) is 84.1 Å². The molecule has 6 heterocycles. The molecule has 9 rings (SSSR count). The Morgan fingerprint density at radius 1 is 0.390 bits per heavy atom. The summed E-state index contributed by atoms with van der Waals surface area (Å²) < 4.78 is 119. The highest BCUT2D eigenvalue weighted by atomic mass is 16.8. The average molecular weight is 1470 g/mol. The maximum atomic E-state index is 12.8. The van der Waals surface area contributed by atoms with Gasteiger partial charge in [-0.2, -0.15) is 0 Å². The van der Waals surface area contributed by atoms with Gasteiger partial charge in [-0.1, -0.05) is 155 Å². The van der Waals surface area contributed by atoms with Crippen LogP contribution >= 0.6 is 0 Å². The summed E-state index contributed by atoms with van der Waals surface area (Å²) >= 11 is 0. The fourth-order valence-corrected chi connectivity index (χ4v) is 14.6. The Labute approximate surface area is 613 Å². The summed E-state index contributed by atoms with van der Waals surface area (Å²) in [7, 11) is 0. The highest BCUT2D eigenvalue weighted by Gasteiger charge is 2.57. The van der Waals surface area contributed by atoms with Crippen molar-refractivity contribution in [3.8, 4) is 12.3 Å². The van der Waals surface area contributed by atoms with E-state index in [0.29, 0.717) is 19.4 Å². The lowest BCUT2D eigenvalue weighted by Crippen LogP contribution is -2.64. The van der Waals surface area contributed by atoms with E-state index in [4.69, 9.17) is 91.7 Å². The fraction of sp³-hybridized carbons (Fsp3) is 0.693. The molecular formula is C75H103N9O21. The van der Waals surface area contributed by atoms with Crippen molar-refractivity contribution in [2.45, 2.75) is 264 Å². The Morgan fingerprint density at radius 2 is 0.705 bits per heavy atom. The van der Waals surface area contributed by atoms with Gasteiger partial charge in [0.2, 0.25) is 0 Å². The number of terminal acetylenes is 1. The molecule has 0 spiro atoms. The van der Waals surface area contributed by atoms with E-state index < -0.39 is 183 Å². The number of ether oxygens (including phenoxy) is 18. The Bertz CT molecular complexity index is 3430. The third-order valence-electron chi connectivity index (χ3n) is 20.8. The molecular weight excluding hydrogens is 1360 g/mol. The molecule has 0 amide bonds. The van der Waals surface area contributed by atoms with E-state index in [-0.39, 0.29) is 57.4 Å². The lowest BCUT2D eigenvalue weighted by atomic mass is 9.82. The van der Waals surface area contributed by atoms with Gasteiger partial charge in [0.25, 0.3) is 0 Å². The molecule has 3 aromatic carbocycles. The Morgan fingerprint density at radius 3 is 1.05 bits per heavy atom. The van der Waals surface area contributed by atoms with Crippen LogP contribution in [0.5, 0.6) is 0 Å². The summed E-state index contributed by atoms with van der Waals surface area (Å²) in [4.78, 5) is 47.2. The minimum atomic E-state index is -1.35. The van der Waals surface area contributed by atoms with E-state index in [1.54, 1.807) is 13.8 Å². The lowest BCUT2D eigenvalue weighted by molar-refractivity contribution is -0.370. The monoisotopic (exact) mass is 1470 g/mol. The fourth-order valence-electron chi connectivity index (χ4n) is 14.6. The first-order chi connectivity index (χ1) is 50.5. The van der Waals surface area contributed by atoms with E-state index in [1.807, 2.05) is 146 Å². The third-order valence-corrected chi connectivity index (χ3v) is 20.8. The SMILES string of the molecule is C#CCCCO[C@@H]1OC(C)[C@@H](O[C@@H]2OC(COC(C)=O)[C@@H](O[C@@H]3OC(C)[C@@H](O[C@@H]4OC(COC(C)=O)[C@@H](O[C@@H]5OC(C)[C@@H](O[C@@H]6OC(COC(C)=O)[C@@H](C)[C@H](C)C6N=[N+]=[N-])[C@@H](OCc6ccccc6)C5C)[C@H](C)C4N=[N+]=[N-])[C@@H](OCc4ccccc4)C3C)[C@H](C)C2N=[N+]=[N-])[C@@H](OCc2ccccc2)C1C. The zero-order valence-electron chi connectivity index (χ0n) is 62.0. The second-order valence-corrected chi connectivity index (χ2v) is 28.2. The predicted octanol–water partition coefficient (Wildman–Crippen LogP) is 11.7. The molecule has 0 bridgehead atoms. The molecule has 0 N–H and O–H groups in total. The minimum Gasteiger partial charge on any atom is -0.463 e. The number of esters is 3. The van der Waals surface area contributed by atoms with Crippen LogP contribution in [0, 0.1) is 53.8 Å². The molecule has 30 nitrogen and oxygen atoms in total. The smallest absolute Gasteiger partial charge is 0.302 e. The Balaban J connectivity index is 0.967. The van der Waals surface area contributed by atoms with E-state index in [0.717, 1.165) is 16.7 Å². The number of rotatable bonds is 32. The summed E-state index contributed by atoms with van der Waals surface area (Å²) in [6.07, 6.45) is -11.8. The molecule has 6 aliphatic heterocycles. The summed E-state index contributed by atoms with van der Waals surface area (Å²) in [5, 5.41) is 12.7. The average Bonchev–Trinajstić information content (AvgIpc) is 0.769. The maximum Gasteiger partial charge on any atom is 0.302 e. The Hall–Kier alpha value is -7.04. The molecule has 0 radical (unpaired) electrons. The minimum absolute atomic E-state index is 0.0533. The number of hydrogen-bond acceptors (Lipinski definition) is 24. The predicted molar refractivity (Wildman–Crippen MR) is 375 cm³/mol. The molecule has 0 aromatic heterocycles. The lowest BCUT2D eigenvalue weighted by Gasteiger charge is -2.52. The van der Waals surface area contributed by atoms with Crippen molar-refractivity contribution in [2.75, 3.05) is 26.4 Å². The standard InChI is InChI=1S/C75H103N9O21/c1-15-16-26-33-88-70-44(6)64(92-34-53-27-20-17-21-28-53)67(47(9)95-70)104-74-60(80-83-77)42(4)62(57(99-74)38-90-51(13)86)102-72-46(8)66(94-36-55-31-24-19-25-32-55)69(49(11)97-72)105-75-61(81-84-78)43(5)63(58(100-75)39-91-52(14)87)101-71-45(7)65(93-35-54-29-22-18-23-30-54)68(48(10)96-71)103-73-59(79-82-76)41(3)40(2)56(98-73)37-89-50(12)85/h1,17-25,27-32,40-49,56-75H,16,26,33-39H2,2-14H3/t40-,41-,42+,43+,44?,45?,46?,47?,48?,49?,56?,57?,58?,59?,60?,61?,62-,63-,64-,65-,66-,67+,68+,69+,70+,71-,72-,73-,74-,75-/m0/s1. The molecule has 105 heavy (non-hydrogen) atoms. The van der Waals surface area contributed by atoms with Crippen LogP contribution < -0.4 is 0 Å². The molecule has 6 fully saturated rings. The molecule has 12 unspecified atom stereocenters. The van der Waals surface area contributed by atoms with Crippen molar-refractivity contribution < 1.29 is 99.6 Å². The molecule has 0 aliphatic carbocycles. The number of azide groups is 3. The van der Waals surface area contributed by atoms with E-state index in [1.165, 1.54) is 20.8 Å². The van der Waals surface area contributed by atoms with Crippen molar-refractivity contribution in [1.82, 2.24) is 0 Å². The summed E-state index contributed by atoms with van der Waals surface area (Å²) in [5.41, 5.74) is 33.1. The zero-order chi connectivity index (χ0) is 75.4. The van der Waals surface area contributed by atoms with Gasteiger partial charge in [0.15, 0.2) is 37.7 Å². The van der Waals surface area contributed by atoms with Gasteiger partial charge in [0.05, 0.1) is 99.5 Å². The number of benzene rings is 3. The Kier molecular flexibility index (Phi) is 31.0. The first-order valence-electron chi connectivity index (χ1n) is 36.3. The van der Waals surface area contributed by atoms with E-state index in [2.05, 4.69) is 36.0 Å². The quantitative estimate of drug-likeness (QED) is 0.0107. The normalized spacial score (nSPS) is 37.6. The largest absolute Gasteiger partial charge is 0.463 e. The van der Waals surface area contributed by atoms with Gasteiger partial charge < -0.3 is 85.3 Å². The topological polar surface area (TPSA) is 364 Å². The van der Waals surface area contributed by atoms with Gasteiger partial charge in [-0.3, -0.25) is 14.4 Å². The van der Waals surface area contributed by atoms with Crippen molar-refractivity contribution in [1.29, 1.82) is 0 Å². The second kappa shape index (κ2) is 39.7. The first kappa shape index (κ1) is 82.0. The van der Waals surface area contributed by atoms with Crippen molar-refractivity contribution in [2.24, 2.45) is 56.8 Å². The molecule has 0 saturated carbocycles. The van der Waals surface area contributed by atoms with Crippen molar-refractivity contribution in [3.63, 3.8) is 0 Å². The molecule has 6 aliphatic rings. The van der Waals surface area contributed by atoms with Gasteiger partial charge in [0.1, 0.15) is 50.3 Å². The van der Waals surface area contributed by atoms with Crippen LogP contribution in [0.25, 0.3) is 31.3 Å². The highest BCUT2D eigenvalue weighted by Crippen LogP contribution is 2.44. The molecule has 30 heteroatoms. The van der Waals surface area contributed by atoms with E-state index in [9.17, 15) is 31.0 Å². The molecule has 30 atom stereocenters. The van der Waals surface area contributed by atoms with E-state index >= 15 is 0 Å². The van der Waals surface area contributed by atoms with Crippen LogP contribution in [0.3, 0.4) is 0 Å². The summed E-state index contributed by atoms with van der Waals surface area (Å²) in [5.74, 6) is -2.64. The van der Waals surface area contributed by atoms with Gasteiger partial charge in [0, 0.05) is 59.7 Å². The van der Waals surface area contributed by atoms with Crippen LogP contribution in [0.2, 0.25) is 0 Å². The third kappa shape index (κ3) is 21.4. The number of unbranched alkanes of at least 4 members (excludes halogenated alkanes) is 1. The number of carbonyl (C=O) groups excluding carboxylic acids is 3. The van der Waals surface area contributed by atoms with Crippen molar-refractivity contribution in [3.05, 3.63) is 139 Å². The highest BCUT2D eigenvalue weighted by molar-refractivity contribution is 5.66. The first-order valence-corrected chi connectivity index (χ1v) is 36.3. The summed E-state index contributed by atoms with van der Waals surface area (Å²) in [6, 6.07) is 25.8. The molecule has 3 aromatic rings. The van der Waals surface area contributed by atoms with Crippen molar-refractivity contribution >= 4 is 17.9 Å². The van der Waals surface area contributed by atoms with Gasteiger partial charge >= 0.3 is 17.9 Å². The number of carbonyl (C=O) groups is 3. The van der Waals surface area contributed by atoms with Crippen LogP contribution in [0.4, 0.5) is 0 Å². The van der Waals surface area contributed by atoms with Crippen LogP contribution in [-0.4, -0.2) is 186 Å². The van der Waals surface area contributed by atoms with Crippen LogP contribution in [0.15, 0.2) is 106 Å². The molecule has 6 saturated heterocycles. The second-order valence-electron chi connectivity index (χ2n) is 28.2. The van der Waals surface area contributed by atoms with Crippen LogP contribution in [0.1, 0.15) is 120 Å². The van der Waals surface area contributed by atoms with Gasteiger partial charge in [-0.15, -0.1) is 12.3 Å². The van der Waals surface area contributed by atoms with Gasteiger partial charge in [-0.25, -0.2) is 0 Å².